The van der Waals surface area contributed by atoms with Gasteiger partial charge in [0.05, 0.1) is 7.11 Å². The van der Waals surface area contributed by atoms with Crippen molar-refractivity contribution < 1.29 is 9.53 Å². The van der Waals surface area contributed by atoms with Crippen molar-refractivity contribution in [3.8, 4) is 0 Å². The minimum Gasteiger partial charge on any atom is -0.467 e. The van der Waals surface area contributed by atoms with Gasteiger partial charge in [-0.25, -0.2) is 9.79 Å². The molecule has 0 aromatic heterocycles. The van der Waals surface area contributed by atoms with Gasteiger partial charge in [-0.15, -0.1) is 0 Å². The molecule has 0 aliphatic carbocycles. The van der Waals surface area contributed by atoms with E-state index in [1.165, 1.54) is 7.11 Å². The number of nitrogens with zero attached hydrogens (tertiary/aromatic N) is 3. The fourth-order valence-electron chi connectivity index (χ4n) is 1.03. The molecule has 0 fully saturated rings. The molecule has 0 aliphatic rings. The molecule has 0 aromatic rings. The molecule has 0 spiro atoms. The zero-order valence-electron chi connectivity index (χ0n) is 9.74. The number of ether oxygens (including phenoxy) is 1. The van der Waals surface area contributed by atoms with Gasteiger partial charge in [0.15, 0.2) is 5.96 Å². The van der Waals surface area contributed by atoms with E-state index in [0.29, 0.717) is 0 Å². The van der Waals surface area contributed by atoms with Gasteiger partial charge in [-0.05, 0) is 6.92 Å². The third-order valence-corrected chi connectivity index (χ3v) is 1.65. The predicted octanol–water partition coefficient (Wildman–Crippen LogP) is 0.0271. The molecule has 0 N–H and O–H groups in total. The van der Waals surface area contributed by atoms with Crippen LogP contribution in [0, 0.1) is 0 Å². The monoisotopic (exact) mass is 201 g/mol. The van der Waals surface area contributed by atoms with Gasteiger partial charge in [0.2, 0.25) is 0 Å². The molecule has 0 saturated heterocycles. The Morgan fingerprint density at radius 2 is 1.64 bits per heavy atom. The van der Waals surface area contributed by atoms with Crippen LogP contribution in [0.4, 0.5) is 0 Å². The standard InChI is InChI=1S/C9H19N3O2/c1-7(8(13)14-6)10-9(11(2)3)12(4)5/h7H,1-6H3/t7-/m0/s1. The van der Waals surface area contributed by atoms with E-state index < -0.39 is 6.04 Å². The molecule has 0 radical (unpaired) electrons. The van der Waals surface area contributed by atoms with Crippen LogP contribution in [0.5, 0.6) is 0 Å². The fourth-order valence-corrected chi connectivity index (χ4v) is 1.03. The van der Waals surface area contributed by atoms with Crippen molar-refractivity contribution in [2.45, 2.75) is 13.0 Å². The highest BCUT2D eigenvalue weighted by Crippen LogP contribution is 1.97. The average molecular weight is 201 g/mol. The van der Waals surface area contributed by atoms with Gasteiger partial charge in [0.25, 0.3) is 0 Å². The van der Waals surface area contributed by atoms with E-state index in [2.05, 4.69) is 9.73 Å². The molecule has 5 nitrogen and oxygen atoms in total. The fraction of sp³-hybridized carbons (Fsp3) is 0.778. The highest BCUT2D eigenvalue weighted by molar-refractivity contribution is 5.84. The first-order valence-electron chi connectivity index (χ1n) is 4.40. The van der Waals surface area contributed by atoms with Crippen LogP contribution in [0.25, 0.3) is 0 Å². The van der Waals surface area contributed by atoms with Crippen molar-refractivity contribution in [2.24, 2.45) is 4.99 Å². The summed E-state index contributed by atoms with van der Waals surface area (Å²) in [5.41, 5.74) is 0. The number of aliphatic imine (C=N–C) groups is 1. The lowest BCUT2D eigenvalue weighted by molar-refractivity contribution is -0.141. The van der Waals surface area contributed by atoms with Gasteiger partial charge in [-0.2, -0.15) is 0 Å². The van der Waals surface area contributed by atoms with E-state index in [1.54, 1.807) is 6.92 Å². The van der Waals surface area contributed by atoms with E-state index in [9.17, 15) is 4.79 Å². The quantitative estimate of drug-likeness (QED) is 0.359. The molecule has 0 aliphatic heterocycles. The third kappa shape index (κ3) is 3.64. The van der Waals surface area contributed by atoms with Crippen molar-refractivity contribution >= 4 is 11.9 Å². The summed E-state index contributed by atoms with van der Waals surface area (Å²) in [6, 6.07) is -0.472. The Balaban J connectivity index is 4.65. The molecule has 0 aromatic carbocycles. The smallest absolute Gasteiger partial charge is 0.330 e. The van der Waals surface area contributed by atoms with Crippen LogP contribution in [-0.2, 0) is 9.53 Å². The Morgan fingerprint density at radius 1 is 1.21 bits per heavy atom. The number of guanidine groups is 1. The first-order valence-corrected chi connectivity index (χ1v) is 4.40. The Kier molecular flexibility index (Phi) is 4.97. The molecule has 0 saturated carbocycles. The van der Waals surface area contributed by atoms with E-state index in [1.807, 2.05) is 38.0 Å². The van der Waals surface area contributed by atoms with Crippen molar-refractivity contribution in [1.82, 2.24) is 9.80 Å². The van der Waals surface area contributed by atoms with Crippen molar-refractivity contribution in [3.05, 3.63) is 0 Å². The zero-order valence-corrected chi connectivity index (χ0v) is 9.74. The van der Waals surface area contributed by atoms with Gasteiger partial charge in [0.1, 0.15) is 6.04 Å². The SMILES string of the molecule is COC(=O)[C@H](C)N=C(N(C)C)N(C)C. The maximum atomic E-state index is 11.1. The van der Waals surface area contributed by atoms with Gasteiger partial charge in [-0.3, -0.25) is 0 Å². The summed E-state index contributed by atoms with van der Waals surface area (Å²) in [6.45, 7) is 1.71. The Bertz CT molecular complexity index is 214. The normalized spacial score (nSPS) is 11.6. The van der Waals surface area contributed by atoms with Crippen LogP contribution in [0.3, 0.4) is 0 Å². The van der Waals surface area contributed by atoms with Crippen molar-refractivity contribution in [2.75, 3.05) is 35.3 Å². The molecule has 0 rings (SSSR count). The van der Waals surface area contributed by atoms with Crippen LogP contribution < -0.4 is 0 Å². The largest absolute Gasteiger partial charge is 0.467 e. The van der Waals surface area contributed by atoms with Crippen LogP contribution >= 0.6 is 0 Å². The summed E-state index contributed by atoms with van der Waals surface area (Å²) >= 11 is 0. The van der Waals surface area contributed by atoms with Gasteiger partial charge in [0, 0.05) is 28.2 Å². The Morgan fingerprint density at radius 3 is 1.93 bits per heavy atom. The molecule has 82 valence electrons. The second kappa shape index (κ2) is 5.47. The number of methoxy groups -OCH3 is 1. The minimum absolute atomic E-state index is 0.328. The molecular formula is C9H19N3O2. The number of carbonyl (C=O) groups is 1. The number of esters is 1. The van der Waals surface area contributed by atoms with Crippen LogP contribution in [0.2, 0.25) is 0 Å². The number of hydrogen-bond donors (Lipinski definition) is 0. The number of hydrogen-bond acceptors (Lipinski definition) is 3. The maximum Gasteiger partial charge on any atom is 0.330 e. The van der Waals surface area contributed by atoms with Gasteiger partial charge < -0.3 is 14.5 Å². The van der Waals surface area contributed by atoms with E-state index in [-0.39, 0.29) is 5.97 Å². The summed E-state index contributed by atoms with van der Waals surface area (Å²) in [5, 5.41) is 0. The lowest BCUT2D eigenvalue weighted by Crippen LogP contribution is -2.37. The number of carbonyl (C=O) groups excluding carboxylic acids is 1. The van der Waals surface area contributed by atoms with Gasteiger partial charge >= 0.3 is 5.97 Å². The average Bonchev–Trinajstić information content (AvgIpc) is 2.11. The summed E-state index contributed by atoms with van der Waals surface area (Å²) in [4.78, 5) is 19.1. The van der Waals surface area contributed by atoms with Crippen molar-refractivity contribution in [3.63, 3.8) is 0 Å². The summed E-state index contributed by atoms with van der Waals surface area (Å²) < 4.78 is 4.59. The van der Waals surface area contributed by atoms with Crippen LogP contribution in [0.15, 0.2) is 4.99 Å². The van der Waals surface area contributed by atoms with E-state index in [4.69, 9.17) is 0 Å². The summed E-state index contributed by atoms with van der Waals surface area (Å²) in [6.07, 6.45) is 0. The summed E-state index contributed by atoms with van der Waals surface area (Å²) in [5.74, 6) is 0.411. The first-order chi connectivity index (χ1) is 6.40. The molecule has 5 heteroatoms. The first kappa shape index (κ1) is 12.7. The Hall–Kier alpha value is -1.26. The Labute approximate surface area is 85.3 Å². The predicted molar refractivity (Wildman–Crippen MR) is 56.3 cm³/mol. The zero-order chi connectivity index (χ0) is 11.3. The summed E-state index contributed by atoms with van der Waals surface area (Å²) in [7, 11) is 8.87. The molecular weight excluding hydrogens is 182 g/mol. The highest BCUT2D eigenvalue weighted by atomic mass is 16.5. The van der Waals surface area contributed by atoms with Gasteiger partial charge in [-0.1, -0.05) is 0 Å². The molecule has 0 amide bonds. The van der Waals surface area contributed by atoms with Crippen molar-refractivity contribution in [1.29, 1.82) is 0 Å². The maximum absolute atomic E-state index is 11.1. The van der Waals surface area contributed by atoms with E-state index in [0.717, 1.165) is 5.96 Å². The molecule has 1 atom stereocenters. The molecule has 0 unspecified atom stereocenters. The lowest BCUT2D eigenvalue weighted by Gasteiger charge is -2.23. The second-order valence-electron chi connectivity index (χ2n) is 3.42. The van der Waals surface area contributed by atoms with Crippen LogP contribution in [-0.4, -0.2) is 63.1 Å². The van der Waals surface area contributed by atoms with E-state index >= 15 is 0 Å². The topological polar surface area (TPSA) is 45.1 Å². The highest BCUT2D eigenvalue weighted by Gasteiger charge is 2.14. The molecule has 14 heavy (non-hydrogen) atoms. The van der Waals surface area contributed by atoms with Crippen LogP contribution in [0.1, 0.15) is 6.92 Å². The molecule has 0 heterocycles. The second-order valence-corrected chi connectivity index (χ2v) is 3.42. The molecule has 0 bridgehead atoms. The lowest BCUT2D eigenvalue weighted by atomic mass is 10.4. The minimum atomic E-state index is -0.472. The third-order valence-electron chi connectivity index (χ3n) is 1.65. The number of rotatable bonds is 2.